The SMILES string of the molecule is CC(Oc1ccc(C#N)cc1)C(=O)NCc1cc(Br)ccc1OC(F)F. The molecule has 5 nitrogen and oxygen atoms in total. The van der Waals surface area contributed by atoms with Crippen LogP contribution in [-0.4, -0.2) is 18.6 Å². The fraction of sp³-hybridized carbons (Fsp3) is 0.222. The molecule has 1 unspecified atom stereocenters. The molecule has 1 N–H and O–H groups in total. The van der Waals surface area contributed by atoms with Crippen LogP contribution < -0.4 is 14.8 Å². The first-order valence-corrected chi connectivity index (χ1v) is 8.36. The fourth-order valence-corrected chi connectivity index (χ4v) is 2.50. The summed E-state index contributed by atoms with van der Waals surface area (Å²) in [5.41, 5.74) is 0.884. The molecule has 0 heterocycles. The number of hydrogen-bond acceptors (Lipinski definition) is 4. The van der Waals surface area contributed by atoms with Gasteiger partial charge in [0.2, 0.25) is 0 Å². The lowest BCUT2D eigenvalue weighted by Crippen LogP contribution is -2.36. The van der Waals surface area contributed by atoms with Gasteiger partial charge in [0, 0.05) is 16.6 Å². The zero-order valence-electron chi connectivity index (χ0n) is 13.7. The van der Waals surface area contributed by atoms with Crippen LogP contribution in [0.1, 0.15) is 18.1 Å². The van der Waals surface area contributed by atoms with Gasteiger partial charge in [-0.2, -0.15) is 14.0 Å². The van der Waals surface area contributed by atoms with Crippen molar-refractivity contribution in [3.05, 3.63) is 58.1 Å². The minimum Gasteiger partial charge on any atom is -0.481 e. The maximum absolute atomic E-state index is 12.5. The first-order valence-electron chi connectivity index (χ1n) is 7.57. The van der Waals surface area contributed by atoms with Crippen molar-refractivity contribution >= 4 is 21.8 Å². The Morgan fingerprint density at radius 1 is 1.23 bits per heavy atom. The highest BCUT2D eigenvalue weighted by molar-refractivity contribution is 9.10. The predicted octanol–water partition coefficient (Wildman–Crippen LogP) is 4.01. The summed E-state index contributed by atoms with van der Waals surface area (Å²) in [5, 5.41) is 11.4. The lowest BCUT2D eigenvalue weighted by atomic mass is 10.2. The van der Waals surface area contributed by atoms with Crippen LogP contribution in [0.25, 0.3) is 0 Å². The van der Waals surface area contributed by atoms with Gasteiger partial charge in [-0.05, 0) is 49.4 Å². The van der Waals surface area contributed by atoms with Gasteiger partial charge in [0.1, 0.15) is 11.5 Å². The summed E-state index contributed by atoms with van der Waals surface area (Å²) in [6.45, 7) is -1.39. The van der Waals surface area contributed by atoms with Crippen LogP contribution in [0.15, 0.2) is 46.9 Å². The van der Waals surface area contributed by atoms with Gasteiger partial charge in [-0.25, -0.2) is 0 Å². The third-order valence-electron chi connectivity index (χ3n) is 3.36. The molecule has 0 aromatic heterocycles. The molecule has 1 atom stereocenters. The van der Waals surface area contributed by atoms with Crippen LogP contribution in [-0.2, 0) is 11.3 Å². The summed E-state index contributed by atoms with van der Waals surface area (Å²) in [5.74, 6) is 0.0114. The molecule has 0 radical (unpaired) electrons. The van der Waals surface area contributed by atoms with E-state index in [1.54, 1.807) is 43.3 Å². The molecule has 2 rings (SSSR count). The number of alkyl halides is 2. The molecule has 0 aliphatic rings. The zero-order chi connectivity index (χ0) is 19.1. The van der Waals surface area contributed by atoms with Crippen molar-refractivity contribution in [2.75, 3.05) is 0 Å². The molecule has 0 saturated heterocycles. The second-order valence-electron chi connectivity index (χ2n) is 5.24. The first-order chi connectivity index (χ1) is 12.4. The molecule has 0 saturated carbocycles. The van der Waals surface area contributed by atoms with Crippen molar-refractivity contribution in [3.63, 3.8) is 0 Å². The Morgan fingerprint density at radius 3 is 2.54 bits per heavy atom. The quantitative estimate of drug-likeness (QED) is 0.728. The average Bonchev–Trinajstić information content (AvgIpc) is 2.61. The second kappa shape index (κ2) is 9.15. The zero-order valence-corrected chi connectivity index (χ0v) is 15.3. The molecule has 2 aromatic rings. The highest BCUT2D eigenvalue weighted by Crippen LogP contribution is 2.24. The van der Waals surface area contributed by atoms with Gasteiger partial charge in [-0.3, -0.25) is 4.79 Å². The maximum Gasteiger partial charge on any atom is 0.387 e. The van der Waals surface area contributed by atoms with Gasteiger partial charge < -0.3 is 14.8 Å². The van der Waals surface area contributed by atoms with Crippen molar-refractivity contribution in [3.8, 4) is 17.6 Å². The van der Waals surface area contributed by atoms with Crippen LogP contribution in [0.5, 0.6) is 11.5 Å². The van der Waals surface area contributed by atoms with Crippen molar-refractivity contribution in [2.45, 2.75) is 26.2 Å². The largest absolute Gasteiger partial charge is 0.481 e. The summed E-state index contributed by atoms with van der Waals surface area (Å²) in [6, 6.07) is 12.9. The Bertz CT molecular complexity index is 807. The lowest BCUT2D eigenvalue weighted by molar-refractivity contribution is -0.127. The molecule has 0 aliphatic heterocycles. The number of halogens is 3. The van der Waals surface area contributed by atoms with Gasteiger partial charge in [0.25, 0.3) is 5.91 Å². The molecule has 0 aliphatic carbocycles. The Labute approximate surface area is 157 Å². The van der Waals surface area contributed by atoms with Gasteiger partial charge in [-0.1, -0.05) is 15.9 Å². The van der Waals surface area contributed by atoms with Crippen molar-refractivity contribution in [1.29, 1.82) is 5.26 Å². The Kier molecular flexibility index (Phi) is 6.92. The smallest absolute Gasteiger partial charge is 0.387 e. The van der Waals surface area contributed by atoms with Crippen LogP contribution in [0.3, 0.4) is 0 Å². The summed E-state index contributed by atoms with van der Waals surface area (Å²) in [6.07, 6.45) is -0.811. The van der Waals surface area contributed by atoms with Crippen LogP contribution in [0.2, 0.25) is 0 Å². The van der Waals surface area contributed by atoms with Crippen LogP contribution >= 0.6 is 15.9 Å². The van der Waals surface area contributed by atoms with E-state index in [-0.39, 0.29) is 12.3 Å². The summed E-state index contributed by atoms with van der Waals surface area (Å²) in [4.78, 5) is 12.2. The standard InChI is InChI=1S/C18H15BrF2N2O3/c1-11(25-15-5-2-12(9-22)3-6-15)17(24)23-10-13-8-14(19)4-7-16(13)26-18(20)21/h2-8,11,18H,10H2,1H3,(H,23,24). The number of amides is 1. The predicted molar refractivity (Wildman–Crippen MR) is 93.9 cm³/mol. The van der Waals surface area contributed by atoms with E-state index in [9.17, 15) is 13.6 Å². The summed E-state index contributed by atoms with van der Waals surface area (Å²) < 4.78 is 35.5. The molecule has 0 fully saturated rings. The van der Waals surface area contributed by atoms with E-state index in [1.165, 1.54) is 6.07 Å². The highest BCUT2D eigenvalue weighted by Gasteiger charge is 2.16. The van der Waals surface area contributed by atoms with E-state index in [4.69, 9.17) is 10.00 Å². The number of nitrogens with one attached hydrogen (secondary N) is 1. The Balaban J connectivity index is 1.97. The Hall–Kier alpha value is -2.66. The van der Waals surface area contributed by atoms with Gasteiger partial charge in [-0.15, -0.1) is 0 Å². The molecular weight excluding hydrogens is 410 g/mol. The van der Waals surface area contributed by atoms with E-state index in [0.29, 0.717) is 21.3 Å². The molecular formula is C18H15BrF2N2O3. The molecule has 2 aromatic carbocycles. The minimum absolute atomic E-state index is 0.00139. The molecule has 1 amide bonds. The number of nitriles is 1. The number of nitrogens with zero attached hydrogens (tertiary/aromatic N) is 1. The van der Waals surface area contributed by atoms with E-state index >= 15 is 0 Å². The van der Waals surface area contributed by atoms with Crippen molar-refractivity contribution < 1.29 is 23.0 Å². The molecule has 8 heteroatoms. The number of carbonyl (C=O) groups is 1. The molecule has 136 valence electrons. The monoisotopic (exact) mass is 424 g/mol. The van der Waals surface area contributed by atoms with Gasteiger partial charge in [0.05, 0.1) is 11.6 Å². The molecule has 0 bridgehead atoms. The lowest BCUT2D eigenvalue weighted by Gasteiger charge is -2.16. The minimum atomic E-state index is -2.95. The van der Waals surface area contributed by atoms with Crippen molar-refractivity contribution in [2.24, 2.45) is 0 Å². The van der Waals surface area contributed by atoms with Gasteiger partial charge in [0.15, 0.2) is 6.10 Å². The second-order valence-corrected chi connectivity index (χ2v) is 6.16. The van der Waals surface area contributed by atoms with Crippen LogP contribution in [0.4, 0.5) is 8.78 Å². The number of ether oxygens (including phenoxy) is 2. The van der Waals surface area contributed by atoms with E-state index in [2.05, 4.69) is 26.0 Å². The van der Waals surface area contributed by atoms with E-state index in [1.807, 2.05) is 6.07 Å². The van der Waals surface area contributed by atoms with Gasteiger partial charge >= 0.3 is 6.61 Å². The third-order valence-corrected chi connectivity index (χ3v) is 3.85. The first kappa shape index (κ1) is 19.7. The topological polar surface area (TPSA) is 71.3 Å². The maximum atomic E-state index is 12.5. The third kappa shape index (κ3) is 5.70. The molecule has 26 heavy (non-hydrogen) atoms. The highest BCUT2D eigenvalue weighted by atomic mass is 79.9. The van der Waals surface area contributed by atoms with Crippen LogP contribution in [0, 0.1) is 11.3 Å². The summed E-state index contributed by atoms with van der Waals surface area (Å²) in [7, 11) is 0. The number of benzene rings is 2. The van der Waals surface area contributed by atoms with E-state index < -0.39 is 18.6 Å². The Morgan fingerprint density at radius 2 is 1.92 bits per heavy atom. The number of rotatable bonds is 7. The fourth-order valence-electron chi connectivity index (χ4n) is 2.09. The molecule has 0 spiro atoms. The van der Waals surface area contributed by atoms with E-state index in [0.717, 1.165) is 0 Å². The number of hydrogen-bond donors (Lipinski definition) is 1. The normalized spacial score (nSPS) is 11.5. The summed E-state index contributed by atoms with van der Waals surface area (Å²) >= 11 is 3.25. The average molecular weight is 425 g/mol. The van der Waals surface area contributed by atoms with Crippen molar-refractivity contribution in [1.82, 2.24) is 5.32 Å². The number of carbonyl (C=O) groups excluding carboxylic acids is 1.